The van der Waals surface area contributed by atoms with Crippen LogP contribution in [0, 0.1) is 0 Å². The lowest BCUT2D eigenvalue weighted by molar-refractivity contribution is -0.446. The average Bonchev–Trinajstić information content (AvgIpc) is 2.78. The van der Waals surface area contributed by atoms with Crippen LogP contribution in [0.2, 0.25) is 0 Å². The van der Waals surface area contributed by atoms with Gasteiger partial charge in [0, 0.05) is 10.4 Å². The van der Waals surface area contributed by atoms with Gasteiger partial charge in [-0.05, 0) is 35.0 Å². The van der Waals surface area contributed by atoms with Crippen LogP contribution in [0.25, 0.3) is 21.5 Å². The molecule has 4 aromatic rings. The fourth-order valence-electron chi connectivity index (χ4n) is 3.73. The minimum absolute atomic E-state index is 1.04. The van der Waals surface area contributed by atoms with Gasteiger partial charge in [-0.1, -0.05) is 48.5 Å². The molecule has 0 atom stereocenters. The molecule has 0 spiro atoms. The molecule has 6 rings (SSSR count). The van der Waals surface area contributed by atoms with Gasteiger partial charge in [-0.3, -0.25) is 20.1 Å². The SMILES string of the molecule is N[N+]1=CNc2cccc3cccc1c23.N[N+]1=CNc2cccc3cccc1c23.O=S(=O)([O-])[O-]. The van der Waals surface area contributed by atoms with Crippen molar-refractivity contribution in [2.45, 2.75) is 0 Å². The highest BCUT2D eigenvalue weighted by molar-refractivity contribution is 7.79. The Bertz CT molecular complexity index is 1410. The molecule has 6 N–H and O–H groups in total. The van der Waals surface area contributed by atoms with Gasteiger partial charge in [0.2, 0.25) is 0 Å². The van der Waals surface area contributed by atoms with Crippen LogP contribution in [-0.2, 0) is 10.4 Å². The maximum Gasteiger partial charge on any atom is 0.265 e. The van der Waals surface area contributed by atoms with Crippen molar-refractivity contribution in [2.24, 2.45) is 11.7 Å². The van der Waals surface area contributed by atoms with Gasteiger partial charge in [0.25, 0.3) is 12.7 Å². The van der Waals surface area contributed by atoms with E-state index < -0.39 is 10.4 Å². The molecule has 0 fully saturated rings. The number of benzene rings is 4. The maximum atomic E-state index is 8.52. The van der Waals surface area contributed by atoms with Crippen LogP contribution >= 0.6 is 0 Å². The average molecular weight is 465 g/mol. The predicted molar refractivity (Wildman–Crippen MR) is 126 cm³/mol. The number of nitrogens with two attached hydrogens (primary N) is 2. The molecule has 2 aliphatic heterocycles. The zero-order valence-corrected chi connectivity index (χ0v) is 18.0. The fourth-order valence-corrected chi connectivity index (χ4v) is 3.73. The van der Waals surface area contributed by atoms with Crippen LogP contribution in [0.5, 0.6) is 0 Å². The Morgan fingerprint density at radius 1 is 0.636 bits per heavy atom. The van der Waals surface area contributed by atoms with Crippen LogP contribution in [0.1, 0.15) is 0 Å². The first kappa shape index (κ1) is 22.0. The van der Waals surface area contributed by atoms with E-state index in [4.69, 9.17) is 29.2 Å². The smallest absolute Gasteiger partial charge is 0.265 e. The van der Waals surface area contributed by atoms with Crippen molar-refractivity contribution in [1.29, 1.82) is 0 Å². The molecule has 168 valence electrons. The Labute approximate surface area is 189 Å². The van der Waals surface area contributed by atoms with E-state index in [9.17, 15) is 0 Å². The van der Waals surface area contributed by atoms with Crippen molar-refractivity contribution in [1.82, 2.24) is 0 Å². The molecule has 0 unspecified atom stereocenters. The molecule has 2 aliphatic rings. The third-order valence-corrected chi connectivity index (χ3v) is 5.04. The van der Waals surface area contributed by atoms with Gasteiger partial charge in [0.15, 0.2) is 11.4 Å². The van der Waals surface area contributed by atoms with Crippen molar-refractivity contribution in [3.05, 3.63) is 72.8 Å². The lowest BCUT2D eigenvalue weighted by atomic mass is 10.1. The van der Waals surface area contributed by atoms with E-state index in [0.29, 0.717) is 0 Å². The summed E-state index contributed by atoms with van der Waals surface area (Å²) >= 11 is 0. The van der Waals surface area contributed by atoms with Crippen molar-refractivity contribution in [2.75, 3.05) is 10.6 Å². The minimum Gasteiger partial charge on any atom is -0.759 e. The summed E-state index contributed by atoms with van der Waals surface area (Å²) in [6.07, 6.45) is 3.52. The summed E-state index contributed by atoms with van der Waals surface area (Å²) < 4.78 is 37.3. The zero-order valence-electron chi connectivity index (χ0n) is 17.2. The van der Waals surface area contributed by atoms with Crippen LogP contribution < -0.4 is 22.3 Å². The third kappa shape index (κ3) is 4.85. The topological polar surface area (TPSA) is 162 Å². The number of hydrazone groups is 2. The molecule has 33 heavy (non-hydrogen) atoms. The monoisotopic (exact) mass is 464 g/mol. The van der Waals surface area contributed by atoms with Crippen LogP contribution in [0.3, 0.4) is 0 Å². The molecular formula is C22H20N6O4S. The highest BCUT2D eigenvalue weighted by Gasteiger charge is 2.17. The minimum atomic E-state index is -5.17. The second-order valence-corrected chi connectivity index (χ2v) is 7.95. The summed E-state index contributed by atoms with van der Waals surface area (Å²) in [5, 5.41) is 11.1. The first-order valence-electron chi connectivity index (χ1n) is 9.70. The van der Waals surface area contributed by atoms with E-state index in [2.05, 4.69) is 47.0 Å². The quantitative estimate of drug-likeness (QED) is 0.133. The Morgan fingerprint density at radius 3 is 1.33 bits per heavy atom. The standard InChI is InChI=1S/2C11H9N3.H2O4S/c2*12-14-7-13-9-5-1-3-8-4-2-6-10(14)11(8)9;1-5(2,3)4/h2*1-7H,12H2;(H2,1,2,3,4). The molecule has 0 aromatic heterocycles. The second kappa shape index (κ2) is 8.74. The van der Waals surface area contributed by atoms with Gasteiger partial charge < -0.3 is 9.11 Å². The van der Waals surface area contributed by atoms with Gasteiger partial charge in [-0.15, -0.1) is 9.37 Å². The number of hydrazine groups is 2. The van der Waals surface area contributed by atoms with E-state index in [0.717, 1.165) is 22.7 Å². The molecule has 0 saturated heterocycles. The van der Waals surface area contributed by atoms with E-state index in [1.165, 1.54) is 21.5 Å². The van der Waals surface area contributed by atoms with Crippen molar-refractivity contribution >= 4 is 67.4 Å². The Balaban J connectivity index is 0.000000132. The van der Waals surface area contributed by atoms with Crippen LogP contribution in [-0.4, -0.2) is 39.6 Å². The number of anilines is 2. The largest absolute Gasteiger partial charge is 0.759 e. The molecule has 0 aliphatic carbocycles. The fraction of sp³-hybridized carbons (Fsp3) is 0. The van der Waals surface area contributed by atoms with Gasteiger partial charge >= 0.3 is 0 Å². The molecule has 0 amide bonds. The highest BCUT2D eigenvalue weighted by atomic mass is 32.3. The van der Waals surface area contributed by atoms with Gasteiger partial charge in [-0.2, -0.15) is 0 Å². The molecule has 10 nitrogen and oxygen atoms in total. The maximum absolute atomic E-state index is 8.52. The summed E-state index contributed by atoms with van der Waals surface area (Å²) in [5.41, 5.74) is 4.30. The Morgan fingerprint density at radius 2 is 0.970 bits per heavy atom. The van der Waals surface area contributed by atoms with Crippen molar-refractivity contribution in [3.63, 3.8) is 0 Å². The van der Waals surface area contributed by atoms with E-state index in [1.807, 2.05) is 36.4 Å². The van der Waals surface area contributed by atoms with Crippen molar-refractivity contribution < 1.29 is 26.9 Å². The van der Waals surface area contributed by atoms with Crippen LogP contribution in [0.4, 0.5) is 22.7 Å². The lowest BCUT2D eigenvalue weighted by Gasteiger charge is -2.11. The van der Waals surface area contributed by atoms with Gasteiger partial charge in [0.1, 0.15) is 11.4 Å². The normalized spacial score (nSPS) is 13.3. The Kier molecular flexibility index (Phi) is 5.84. The highest BCUT2D eigenvalue weighted by Crippen LogP contribution is 2.33. The molecule has 0 radical (unpaired) electrons. The van der Waals surface area contributed by atoms with Crippen LogP contribution in [0.15, 0.2) is 72.8 Å². The summed E-state index contributed by atoms with van der Waals surface area (Å²) in [5.74, 6) is 11.6. The number of nitrogens with zero attached hydrogens (tertiary/aromatic N) is 2. The molecular weight excluding hydrogens is 444 g/mol. The van der Waals surface area contributed by atoms with E-state index in [1.54, 1.807) is 22.0 Å². The Hall–Kier alpha value is -4.19. The third-order valence-electron chi connectivity index (χ3n) is 5.04. The first-order valence-corrected chi connectivity index (χ1v) is 11.0. The van der Waals surface area contributed by atoms with Gasteiger partial charge in [-0.25, -0.2) is 10.6 Å². The van der Waals surface area contributed by atoms with E-state index in [-0.39, 0.29) is 0 Å². The lowest BCUT2D eigenvalue weighted by Crippen LogP contribution is -2.22. The molecule has 0 bridgehead atoms. The predicted octanol–water partition coefficient (Wildman–Crippen LogP) is 2.28. The number of nitrogens with one attached hydrogen (secondary N) is 2. The number of hydrogen-bond acceptors (Lipinski definition) is 8. The second-order valence-electron chi connectivity index (χ2n) is 7.13. The molecule has 2 heterocycles. The summed E-state index contributed by atoms with van der Waals surface area (Å²) in [6, 6.07) is 24.6. The summed E-state index contributed by atoms with van der Waals surface area (Å²) in [4.78, 5) is 0. The summed E-state index contributed by atoms with van der Waals surface area (Å²) in [6.45, 7) is 0. The molecule has 0 saturated carbocycles. The first-order chi connectivity index (χ1) is 15.7. The van der Waals surface area contributed by atoms with Gasteiger partial charge in [0.05, 0.1) is 10.8 Å². The number of rotatable bonds is 0. The number of hydrogen-bond donors (Lipinski definition) is 4. The zero-order chi connectivity index (χ0) is 23.6. The summed E-state index contributed by atoms with van der Waals surface area (Å²) in [7, 11) is -5.17. The molecule has 11 heteroatoms. The van der Waals surface area contributed by atoms with Crippen molar-refractivity contribution in [3.8, 4) is 0 Å². The van der Waals surface area contributed by atoms with E-state index >= 15 is 0 Å². The molecule has 4 aromatic carbocycles.